The lowest BCUT2D eigenvalue weighted by molar-refractivity contribution is -0.109. The molecule has 0 radical (unpaired) electrons. The second-order valence-electron chi connectivity index (χ2n) is 3.20. The molecule has 0 saturated carbocycles. The van der Waals surface area contributed by atoms with Crippen molar-refractivity contribution in [2.75, 3.05) is 12.9 Å². The van der Waals surface area contributed by atoms with Gasteiger partial charge in [-0.3, -0.25) is 4.79 Å². The molecule has 16 heavy (non-hydrogen) atoms. The third-order valence-corrected chi connectivity index (χ3v) is 3.95. The number of carbonyl (C=O) groups is 2. The minimum atomic E-state index is -0.283. The molecule has 0 aliphatic rings. The average molecular weight is 258 g/mol. The van der Waals surface area contributed by atoms with Crippen molar-refractivity contribution < 1.29 is 14.3 Å². The molecule has 88 valence electrons. The molecule has 0 saturated heterocycles. The monoisotopic (exact) mass is 258 g/mol. The summed E-state index contributed by atoms with van der Waals surface area (Å²) in [7, 11) is 1.38. The van der Waals surface area contributed by atoms with Gasteiger partial charge < -0.3 is 4.74 Å². The summed E-state index contributed by atoms with van der Waals surface area (Å²) < 4.78 is 4.63. The van der Waals surface area contributed by atoms with Crippen LogP contribution < -0.4 is 0 Å². The summed E-state index contributed by atoms with van der Waals surface area (Å²) >= 11 is 2.80. The predicted molar refractivity (Wildman–Crippen MR) is 67.1 cm³/mol. The molecule has 0 unspecified atom stereocenters. The van der Waals surface area contributed by atoms with Crippen molar-refractivity contribution in [2.24, 2.45) is 0 Å². The van der Waals surface area contributed by atoms with Gasteiger partial charge in [0.25, 0.3) is 0 Å². The number of carbonyl (C=O) groups excluding carboxylic acids is 2. The van der Waals surface area contributed by atoms with Crippen molar-refractivity contribution in [3.8, 4) is 0 Å². The van der Waals surface area contributed by atoms with Gasteiger partial charge >= 0.3 is 5.97 Å². The van der Waals surface area contributed by atoms with E-state index in [0.29, 0.717) is 4.88 Å². The highest BCUT2D eigenvalue weighted by molar-refractivity contribution is 8.13. The Kier molecular flexibility index (Phi) is 5.55. The molecule has 1 aromatic heterocycles. The molecule has 0 atom stereocenters. The van der Waals surface area contributed by atoms with E-state index in [9.17, 15) is 9.59 Å². The molecule has 1 aromatic rings. The van der Waals surface area contributed by atoms with Gasteiger partial charge in [0.1, 0.15) is 4.88 Å². The molecule has 0 bridgehead atoms. The van der Waals surface area contributed by atoms with Crippen molar-refractivity contribution in [3.05, 3.63) is 21.9 Å². The first kappa shape index (κ1) is 13.3. The highest BCUT2D eigenvalue weighted by Crippen LogP contribution is 2.19. The maximum atomic E-state index is 11.2. The van der Waals surface area contributed by atoms with Crippen LogP contribution in [0, 0.1) is 0 Å². The third kappa shape index (κ3) is 4.37. The van der Waals surface area contributed by atoms with Crippen molar-refractivity contribution in [2.45, 2.75) is 19.8 Å². The smallest absolute Gasteiger partial charge is 0.348 e. The van der Waals surface area contributed by atoms with Gasteiger partial charge in [-0.05, 0) is 25.0 Å². The summed E-state index contributed by atoms with van der Waals surface area (Å²) in [6.45, 7) is 1.57. The van der Waals surface area contributed by atoms with Crippen molar-refractivity contribution in [1.29, 1.82) is 0 Å². The van der Waals surface area contributed by atoms with E-state index in [4.69, 9.17) is 0 Å². The fourth-order valence-corrected chi connectivity index (χ4v) is 2.73. The summed E-state index contributed by atoms with van der Waals surface area (Å²) in [6.07, 6.45) is 1.85. The Balaban J connectivity index is 2.35. The van der Waals surface area contributed by atoms with E-state index in [1.807, 2.05) is 6.07 Å². The van der Waals surface area contributed by atoms with Crippen LogP contribution in [0.4, 0.5) is 0 Å². The molecule has 1 rings (SSSR count). The summed E-state index contributed by atoms with van der Waals surface area (Å²) in [5, 5.41) is 0.154. The lowest BCUT2D eigenvalue weighted by Gasteiger charge is -1.96. The summed E-state index contributed by atoms with van der Waals surface area (Å²) in [4.78, 5) is 23.7. The molecule has 0 spiro atoms. The van der Waals surface area contributed by atoms with Crippen LogP contribution in [-0.4, -0.2) is 23.9 Å². The SMILES string of the molecule is COC(=O)c1ccc(CCCSC(C)=O)s1. The number of thioether (sulfide) groups is 1. The standard InChI is InChI=1S/C11H14O3S2/c1-8(12)15-7-3-4-9-5-6-10(16-9)11(13)14-2/h5-6H,3-4,7H2,1-2H3. The first-order valence-corrected chi connectivity index (χ1v) is 6.74. The number of methoxy groups -OCH3 is 1. The molecular formula is C11H14O3S2. The van der Waals surface area contributed by atoms with Crippen LogP contribution in [0.25, 0.3) is 0 Å². The van der Waals surface area contributed by atoms with E-state index in [1.54, 1.807) is 13.0 Å². The van der Waals surface area contributed by atoms with E-state index in [-0.39, 0.29) is 11.1 Å². The number of esters is 1. The Morgan fingerprint density at radius 3 is 2.81 bits per heavy atom. The molecular weight excluding hydrogens is 244 g/mol. The molecule has 5 heteroatoms. The molecule has 3 nitrogen and oxygen atoms in total. The lowest BCUT2D eigenvalue weighted by atomic mass is 10.3. The molecule has 0 aliphatic carbocycles. The van der Waals surface area contributed by atoms with Crippen LogP contribution in [0.15, 0.2) is 12.1 Å². The van der Waals surface area contributed by atoms with Gasteiger partial charge in [-0.25, -0.2) is 4.79 Å². The van der Waals surface area contributed by atoms with Crippen LogP contribution >= 0.6 is 23.1 Å². The number of ether oxygens (including phenoxy) is 1. The zero-order valence-corrected chi connectivity index (χ0v) is 11.0. The Morgan fingerprint density at radius 1 is 1.44 bits per heavy atom. The first-order chi connectivity index (χ1) is 7.63. The maximum absolute atomic E-state index is 11.2. The van der Waals surface area contributed by atoms with Gasteiger partial charge in [0.05, 0.1) is 7.11 Å². The Morgan fingerprint density at radius 2 is 2.19 bits per heavy atom. The van der Waals surface area contributed by atoms with Gasteiger partial charge in [0.15, 0.2) is 5.12 Å². The third-order valence-electron chi connectivity index (χ3n) is 1.92. The average Bonchev–Trinajstić information content (AvgIpc) is 2.71. The van der Waals surface area contributed by atoms with E-state index >= 15 is 0 Å². The number of hydrogen-bond acceptors (Lipinski definition) is 5. The van der Waals surface area contributed by atoms with Crippen molar-refractivity contribution >= 4 is 34.2 Å². The van der Waals surface area contributed by atoms with E-state index < -0.39 is 0 Å². The van der Waals surface area contributed by atoms with Gasteiger partial charge in [-0.2, -0.15) is 0 Å². The second-order valence-corrected chi connectivity index (χ2v) is 5.64. The number of rotatable bonds is 5. The van der Waals surface area contributed by atoms with Crippen LogP contribution in [0.5, 0.6) is 0 Å². The van der Waals surface area contributed by atoms with Gasteiger partial charge in [0.2, 0.25) is 0 Å². The van der Waals surface area contributed by atoms with Gasteiger partial charge in [-0.15, -0.1) is 11.3 Å². The normalized spacial score (nSPS) is 10.1. The summed E-state index contributed by atoms with van der Waals surface area (Å²) in [5.41, 5.74) is 0. The maximum Gasteiger partial charge on any atom is 0.348 e. The van der Waals surface area contributed by atoms with Crippen LogP contribution in [0.2, 0.25) is 0 Å². The van der Waals surface area contributed by atoms with E-state index in [0.717, 1.165) is 23.5 Å². The quantitative estimate of drug-likeness (QED) is 0.601. The van der Waals surface area contributed by atoms with Gasteiger partial charge in [-0.1, -0.05) is 11.8 Å². The molecule has 0 aromatic carbocycles. The second kappa shape index (κ2) is 6.70. The Labute approximate surface area is 103 Å². The zero-order chi connectivity index (χ0) is 12.0. The highest BCUT2D eigenvalue weighted by Gasteiger charge is 2.08. The van der Waals surface area contributed by atoms with Crippen LogP contribution in [0.3, 0.4) is 0 Å². The fraction of sp³-hybridized carbons (Fsp3) is 0.455. The summed E-state index contributed by atoms with van der Waals surface area (Å²) in [5.74, 6) is 0.551. The largest absolute Gasteiger partial charge is 0.465 e. The zero-order valence-electron chi connectivity index (χ0n) is 9.32. The first-order valence-electron chi connectivity index (χ1n) is 4.94. The van der Waals surface area contributed by atoms with Crippen molar-refractivity contribution in [1.82, 2.24) is 0 Å². The number of hydrogen-bond donors (Lipinski definition) is 0. The Hall–Kier alpha value is -0.810. The van der Waals surface area contributed by atoms with Gasteiger partial charge in [0, 0.05) is 17.6 Å². The van der Waals surface area contributed by atoms with E-state index in [1.165, 1.54) is 30.2 Å². The Bertz CT molecular complexity index is 371. The minimum absolute atomic E-state index is 0.154. The minimum Gasteiger partial charge on any atom is -0.465 e. The number of thiophene rings is 1. The van der Waals surface area contributed by atoms with Crippen LogP contribution in [0.1, 0.15) is 27.9 Å². The number of aryl methyl sites for hydroxylation is 1. The fourth-order valence-electron chi connectivity index (χ4n) is 1.18. The van der Waals surface area contributed by atoms with E-state index in [2.05, 4.69) is 4.74 Å². The molecule has 0 fully saturated rings. The molecule has 1 heterocycles. The van der Waals surface area contributed by atoms with Crippen molar-refractivity contribution in [3.63, 3.8) is 0 Å². The highest BCUT2D eigenvalue weighted by atomic mass is 32.2. The lowest BCUT2D eigenvalue weighted by Crippen LogP contribution is -1.96. The molecule has 0 aliphatic heterocycles. The molecule has 0 N–H and O–H groups in total. The topological polar surface area (TPSA) is 43.4 Å². The predicted octanol–water partition coefficient (Wildman–Crippen LogP) is 2.75. The van der Waals surface area contributed by atoms with Crippen LogP contribution in [-0.2, 0) is 16.0 Å². The summed E-state index contributed by atoms with van der Waals surface area (Å²) in [6, 6.07) is 3.72. The molecule has 0 amide bonds.